The maximum Gasteiger partial charge on any atom is 0.105 e. The quantitative estimate of drug-likeness (QED) is 0.564. The minimum absolute atomic E-state index is 0.0613. The first kappa shape index (κ1) is 9.45. The van der Waals surface area contributed by atoms with E-state index in [-0.39, 0.29) is 5.60 Å². The van der Waals surface area contributed by atoms with Crippen molar-refractivity contribution in [2.75, 3.05) is 6.61 Å². The first-order chi connectivity index (χ1) is 6.31. The van der Waals surface area contributed by atoms with Gasteiger partial charge in [-0.25, -0.2) is 4.39 Å². The van der Waals surface area contributed by atoms with Crippen molar-refractivity contribution >= 4 is 0 Å². The molecule has 0 N–H and O–H groups in total. The van der Waals surface area contributed by atoms with Crippen LogP contribution in [-0.4, -0.2) is 18.4 Å². The van der Waals surface area contributed by atoms with E-state index in [4.69, 9.17) is 4.74 Å². The Morgan fingerprint density at radius 3 is 2.38 bits per heavy atom. The van der Waals surface area contributed by atoms with Gasteiger partial charge in [-0.05, 0) is 12.8 Å². The number of ether oxygens (including phenoxy) is 1. The number of hydrogen-bond acceptors (Lipinski definition) is 1. The normalized spacial score (nSPS) is 34.4. The third kappa shape index (κ3) is 2.22. The summed E-state index contributed by atoms with van der Waals surface area (Å²) in [6.07, 6.45) is 7.92. The molecule has 1 aliphatic carbocycles. The summed E-state index contributed by atoms with van der Waals surface area (Å²) >= 11 is 0. The Morgan fingerprint density at radius 2 is 1.77 bits per heavy atom. The van der Waals surface area contributed by atoms with Crippen LogP contribution in [0.25, 0.3) is 0 Å². The summed E-state index contributed by atoms with van der Waals surface area (Å²) in [5.41, 5.74) is -0.0613. The van der Waals surface area contributed by atoms with Gasteiger partial charge in [-0.1, -0.05) is 25.7 Å². The molecule has 1 atom stereocenters. The fourth-order valence-corrected chi connectivity index (χ4v) is 2.69. The summed E-state index contributed by atoms with van der Waals surface area (Å²) < 4.78 is 19.1. The van der Waals surface area contributed by atoms with Crippen molar-refractivity contribution in [3.05, 3.63) is 0 Å². The molecule has 1 spiro atoms. The summed E-state index contributed by atoms with van der Waals surface area (Å²) in [6, 6.07) is 0. The van der Waals surface area contributed by atoms with Gasteiger partial charge in [-0.2, -0.15) is 0 Å². The molecule has 1 aliphatic heterocycles. The molecule has 2 fully saturated rings. The molecule has 2 heteroatoms. The highest BCUT2D eigenvalue weighted by molar-refractivity contribution is 4.88. The predicted octanol–water partition coefficient (Wildman–Crippen LogP) is 3.23. The van der Waals surface area contributed by atoms with Crippen molar-refractivity contribution in [2.24, 2.45) is 0 Å². The summed E-state index contributed by atoms with van der Waals surface area (Å²) in [6.45, 7) is 0.640. The van der Waals surface area contributed by atoms with Gasteiger partial charge in [0.1, 0.15) is 6.17 Å². The molecule has 1 saturated carbocycles. The van der Waals surface area contributed by atoms with E-state index >= 15 is 0 Å². The van der Waals surface area contributed by atoms with Crippen molar-refractivity contribution in [3.8, 4) is 0 Å². The largest absolute Gasteiger partial charge is 0.375 e. The van der Waals surface area contributed by atoms with Crippen molar-refractivity contribution in [1.29, 1.82) is 0 Å². The van der Waals surface area contributed by atoms with E-state index in [0.717, 1.165) is 12.8 Å². The smallest absolute Gasteiger partial charge is 0.105 e. The molecule has 1 heterocycles. The first-order valence-corrected chi connectivity index (χ1v) is 5.59. The standard InChI is InChI=1S/C11H19FO/c12-10-5-8-13-11(9-10)6-3-1-2-4-7-11/h10H,1-9H2. The minimum Gasteiger partial charge on any atom is -0.375 e. The van der Waals surface area contributed by atoms with Crippen molar-refractivity contribution in [2.45, 2.75) is 63.1 Å². The molecule has 0 aromatic rings. The average Bonchev–Trinajstić information content (AvgIpc) is 2.31. The number of halogens is 1. The Balaban J connectivity index is 1.99. The van der Waals surface area contributed by atoms with Crippen LogP contribution in [0.15, 0.2) is 0 Å². The molecule has 1 unspecified atom stereocenters. The number of alkyl halides is 1. The third-order valence-electron chi connectivity index (χ3n) is 3.45. The molecule has 0 aromatic carbocycles. The summed E-state index contributed by atoms with van der Waals surface area (Å²) in [5, 5.41) is 0. The Bertz CT molecular complexity index is 161. The van der Waals surface area contributed by atoms with Gasteiger partial charge in [0.05, 0.1) is 12.2 Å². The molecular formula is C11H19FO. The van der Waals surface area contributed by atoms with Crippen LogP contribution in [-0.2, 0) is 4.74 Å². The lowest BCUT2D eigenvalue weighted by Gasteiger charge is -2.38. The van der Waals surface area contributed by atoms with Gasteiger partial charge in [0.2, 0.25) is 0 Å². The fraction of sp³-hybridized carbons (Fsp3) is 1.00. The SMILES string of the molecule is FC1CCOC2(CCCCCC2)C1. The van der Waals surface area contributed by atoms with Crippen LogP contribution < -0.4 is 0 Å². The molecule has 13 heavy (non-hydrogen) atoms. The van der Waals surface area contributed by atoms with E-state index in [1.807, 2.05) is 0 Å². The highest BCUT2D eigenvalue weighted by Gasteiger charge is 2.37. The molecular weight excluding hydrogens is 167 g/mol. The van der Waals surface area contributed by atoms with Crippen LogP contribution in [0.2, 0.25) is 0 Å². The van der Waals surface area contributed by atoms with Crippen LogP contribution >= 0.6 is 0 Å². The second kappa shape index (κ2) is 3.95. The van der Waals surface area contributed by atoms with Gasteiger partial charge in [-0.15, -0.1) is 0 Å². The molecule has 0 aromatic heterocycles. The van der Waals surface area contributed by atoms with Crippen LogP contribution in [0.5, 0.6) is 0 Å². The van der Waals surface area contributed by atoms with Crippen LogP contribution in [0.3, 0.4) is 0 Å². The summed E-state index contributed by atoms with van der Waals surface area (Å²) in [7, 11) is 0. The topological polar surface area (TPSA) is 9.23 Å². The second-order valence-corrected chi connectivity index (χ2v) is 4.54. The van der Waals surface area contributed by atoms with E-state index < -0.39 is 6.17 Å². The Hall–Kier alpha value is -0.110. The Labute approximate surface area is 79.7 Å². The molecule has 0 amide bonds. The van der Waals surface area contributed by atoms with Crippen molar-refractivity contribution < 1.29 is 9.13 Å². The van der Waals surface area contributed by atoms with Gasteiger partial charge < -0.3 is 4.74 Å². The van der Waals surface area contributed by atoms with Gasteiger partial charge in [0.25, 0.3) is 0 Å². The molecule has 1 nitrogen and oxygen atoms in total. The Morgan fingerprint density at radius 1 is 1.08 bits per heavy atom. The van der Waals surface area contributed by atoms with E-state index in [2.05, 4.69) is 0 Å². The lowest BCUT2D eigenvalue weighted by atomic mass is 9.86. The van der Waals surface area contributed by atoms with Crippen molar-refractivity contribution in [1.82, 2.24) is 0 Å². The van der Waals surface area contributed by atoms with Crippen LogP contribution in [0, 0.1) is 0 Å². The van der Waals surface area contributed by atoms with E-state index in [1.165, 1.54) is 25.7 Å². The molecule has 76 valence electrons. The highest BCUT2D eigenvalue weighted by atomic mass is 19.1. The average molecular weight is 186 g/mol. The molecule has 2 aliphatic rings. The predicted molar refractivity (Wildman–Crippen MR) is 50.5 cm³/mol. The highest BCUT2D eigenvalue weighted by Crippen LogP contribution is 2.38. The molecule has 1 saturated heterocycles. The van der Waals surface area contributed by atoms with Crippen LogP contribution in [0.1, 0.15) is 51.4 Å². The van der Waals surface area contributed by atoms with Gasteiger partial charge in [0.15, 0.2) is 0 Å². The zero-order chi connectivity index (χ0) is 9.15. The third-order valence-corrected chi connectivity index (χ3v) is 3.45. The van der Waals surface area contributed by atoms with Gasteiger partial charge in [-0.3, -0.25) is 0 Å². The summed E-state index contributed by atoms with van der Waals surface area (Å²) in [5.74, 6) is 0. The number of rotatable bonds is 0. The summed E-state index contributed by atoms with van der Waals surface area (Å²) in [4.78, 5) is 0. The Kier molecular flexibility index (Phi) is 2.87. The zero-order valence-corrected chi connectivity index (χ0v) is 8.23. The van der Waals surface area contributed by atoms with Crippen molar-refractivity contribution in [3.63, 3.8) is 0 Å². The van der Waals surface area contributed by atoms with E-state index in [9.17, 15) is 4.39 Å². The van der Waals surface area contributed by atoms with E-state index in [1.54, 1.807) is 0 Å². The van der Waals surface area contributed by atoms with E-state index in [0.29, 0.717) is 19.4 Å². The molecule has 0 radical (unpaired) electrons. The zero-order valence-electron chi connectivity index (χ0n) is 8.23. The monoisotopic (exact) mass is 186 g/mol. The molecule has 2 rings (SSSR count). The van der Waals surface area contributed by atoms with Gasteiger partial charge >= 0.3 is 0 Å². The maximum atomic E-state index is 13.3. The van der Waals surface area contributed by atoms with Crippen LogP contribution in [0.4, 0.5) is 4.39 Å². The second-order valence-electron chi connectivity index (χ2n) is 4.54. The number of hydrogen-bond donors (Lipinski definition) is 0. The lowest BCUT2D eigenvalue weighted by Crippen LogP contribution is -2.40. The molecule has 0 bridgehead atoms. The fourth-order valence-electron chi connectivity index (χ4n) is 2.69. The lowest BCUT2D eigenvalue weighted by molar-refractivity contribution is -0.110. The maximum absolute atomic E-state index is 13.3. The van der Waals surface area contributed by atoms with Gasteiger partial charge in [0, 0.05) is 12.8 Å². The minimum atomic E-state index is -0.605. The first-order valence-electron chi connectivity index (χ1n) is 5.59.